The zero-order valence-electron chi connectivity index (χ0n) is 17.3. The summed E-state index contributed by atoms with van der Waals surface area (Å²) in [6.45, 7) is 2.65. The highest BCUT2D eigenvalue weighted by Crippen LogP contribution is 2.51. The maximum absolute atomic E-state index is 13.0. The second kappa shape index (κ2) is 7.50. The summed E-state index contributed by atoms with van der Waals surface area (Å²) >= 11 is 0. The number of hydrogen-bond acceptors (Lipinski definition) is 5. The predicted octanol–water partition coefficient (Wildman–Crippen LogP) is 4.39. The van der Waals surface area contributed by atoms with Crippen LogP contribution >= 0.6 is 0 Å². The van der Waals surface area contributed by atoms with Gasteiger partial charge >= 0.3 is 6.18 Å². The molecular weight excluding hydrogens is 395 g/mol. The summed E-state index contributed by atoms with van der Waals surface area (Å²) < 4.78 is 44.3. The lowest BCUT2D eigenvalue weighted by Gasteiger charge is -2.53. The summed E-state index contributed by atoms with van der Waals surface area (Å²) in [6, 6.07) is 5.72. The quantitative estimate of drug-likeness (QED) is 0.794. The monoisotopic (exact) mass is 421 g/mol. The van der Waals surface area contributed by atoms with Crippen molar-refractivity contribution in [3.8, 4) is 17.0 Å². The van der Waals surface area contributed by atoms with E-state index in [9.17, 15) is 18.3 Å². The number of hydrogen-bond donors (Lipinski definition) is 1. The van der Waals surface area contributed by atoms with Gasteiger partial charge in [-0.05, 0) is 69.5 Å². The van der Waals surface area contributed by atoms with Crippen LogP contribution in [0.25, 0.3) is 11.3 Å². The number of alkyl halides is 3. The van der Waals surface area contributed by atoms with Crippen LogP contribution in [-0.4, -0.2) is 46.9 Å². The summed E-state index contributed by atoms with van der Waals surface area (Å²) in [5.41, 5.74) is 1.11. The minimum Gasteiger partial charge on any atom is -0.496 e. The first-order valence-electron chi connectivity index (χ1n) is 10.1. The highest BCUT2D eigenvalue weighted by Gasteiger charge is 2.48. The Hall–Kier alpha value is -2.19. The molecule has 0 spiro atoms. The van der Waals surface area contributed by atoms with Crippen LogP contribution in [0.3, 0.4) is 0 Å². The van der Waals surface area contributed by atoms with Crippen molar-refractivity contribution in [1.82, 2.24) is 15.1 Å². The molecule has 3 fully saturated rings. The van der Waals surface area contributed by atoms with E-state index in [2.05, 4.69) is 22.1 Å². The molecule has 2 aromatic rings. The fourth-order valence-corrected chi connectivity index (χ4v) is 5.04. The first-order valence-corrected chi connectivity index (χ1v) is 10.1. The minimum atomic E-state index is -4.45. The van der Waals surface area contributed by atoms with E-state index >= 15 is 0 Å². The van der Waals surface area contributed by atoms with Gasteiger partial charge in [0.2, 0.25) is 0 Å². The van der Waals surface area contributed by atoms with Gasteiger partial charge in [0.15, 0.2) is 0 Å². The molecule has 8 heteroatoms. The molecule has 1 atom stereocenters. The second-order valence-corrected chi connectivity index (χ2v) is 8.62. The molecular formula is C22H26F3N3O2. The number of benzene rings is 1. The van der Waals surface area contributed by atoms with Crippen molar-refractivity contribution in [3.63, 3.8) is 0 Å². The normalized spacial score (nSPS) is 25.4. The maximum atomic E-state index is 13.0. The molecule has 1 aromatic carbocycles. The number of aliphatic hydroxyl groups is 1. The Morgan fingerprint density at radius 2 is 1.90 bits per heavy atom. The lowest BCUT2D eigenvalue weighted by atomic mass is 9.64. The zero-order valence-corrected chi connectivity index (χ0v) is 17.3. The first kappa shape index (κ1) is 21.1. The number of halogens is 3. The van der Waals surface area contributed by atoms with Gasteiger partial charge in [0.05, 0.1) is 24.1 Å². The van der Waals surface area contributed by atoms with Crippen molar-refractivity contribution in [1.29, 1.82) is 0 Å². The van der Waals surface area contributed by atoms with E-state index in [1.165, 1.54) is 13.2 Å². The Balaban J connectivity index is 1.66. The Morgan fingerprint density at radius 1 is 1.20 bits per heavy atom. The molecule has 2 aliphatic heterocycles. The minimum absolute atomic E-state index is 0.0846. The number of aliphatic hydroxyl groups excluding tert-OH is 1. The van der Waals surface area contributed by atoms with Gasteiger partial charge < -0.3 is 14.7 Å². The third-order valence-corrected chi connectivity index (χ3v) is 6.79. The average molecular weight is 421 g/mol. The van der Waals surface area contributed by atoms with Gasteiger partial charge in [-0.25, -0.2) is 0 Å². The largest absolute Gasteiger partial charge is 0.496 e. The van der Waals surface area contributed by atoms with E-state index in [1.807, 2.05) is 6.92 Å². The van der Waals surface area contributed by atoms with Crippen LogP contribution in [0.15, 0.2) is 24.3 Å². The van der Waals surface area contributed by atoms with Crippen molar-refractivity contribution < 1.29 is 23.0 Å². The van der Waals surface area contributed by atoms with Crippen LogP contribution in [0.2, 0.25) is 0 Å². The Bertz CT molecular complexity index is 940. The number of aryl methyl sites for hydroxylation is 1. The Labute approximate surface area is 173 Å². The van der Waals surface area contributed by atoms with E-state index in [4.69, 9.17) is 4.74 Å². The summed E-state index contributed by atoms with van der Waals surface area (Å²) in [4.78, 5) is 2.32. The lowest BCUT2D eigenvalue weighted by molar-refractivity contribution is -0.137. The number of rotatable bonds is 4. The third-order valence-electron chi connectivity index (χ3n) is 6.79. The topological polar surface area (TPSA) is 58.5 Å². The van der Waals surface area contributed by atoms with Crippen LogP contribution in [0.1, 0.15) is 48.6 Å². The van der Waals surface area contributed by atoms with Crippen molar-refractivity contribution in [2.45, 2.75) is 50.9 Å². The summed E-state index contributed by atoms with van der Waals surface area (Å²) in [6.07, 6.45) is -1.12. The highest BCUT2D eigenvalue weighted by atomic mass is 19.4. The molecule has 2 bridgehead atoms. The van der Waals surface area contributed by atoms with Crippen molar-refractivity contribution in [2.75, 3.05) is 20.7 Å². The Kier molecular flexibility index (Phi) is 5.26. The van der Waals surface area contributed by atoms with Gasteiger partial charge in [-0.15, -0.1) is 5.10 Å². The zero-order chi connectivity index (χ0) is 21.7. The summed E-state index contributed by atoms with van der Waals surface area (Å²) in [5.74, 6) is 0.0846. The fraction of sp³-hybridized carbons (Fsp3) is 0.545. The predicted molar refractivity (Wildman–Crippen MR) is 106 cm³/mol. The number of methoxy groups -OCH3 is 1. The molecule has 1 unspecified atom stereocenters. The van der Waals surface area contributed by atoms with E-state index < -0.39 is 17.8 Å². The van der Waals surface area contributed by atoms with Crippen molar-refractivity contribution in [2.24, 2.45) is 5.41 Å². The standard InChI is InChI=1S/C22H26F3N3O2/c1-13-10-17(20(29)21-8-6-15(7-9-21)28(2)12-21)26-27-19(13)16-5-4-14(22(23,24)25)11-18(16)30-3/h4-5,10-11,15,20,29H,6-9,12H2,1-3H3. The van der Waals surface area contributed by atoms with Gasteiger partial charge in [-0.3, -0.25) is 0 Å². The van der Waals surface area contributed by atoms with E-state index in [1.54, 1.807) is 6.07 Å². The number of nitrogens with zero attached hydrogens (tertiary/aromatic N) is 3. The average Bonchev–Trinajstić information content (AvgIpc) is 2.72. The second-order valence-electron chi connectivity index (χ2n) is 8.62. The first-order chi connectivity index (χ1) is 14.1. The molecule has 1 aliphatic carbocycles. The SMILES string of the molecule is COc1cc(C(F)(F)F)ccc1-c1nnc(C(O)C23CCC(CC2)N(C)C3)cc1C. The van der Waals surface area contributed by atoms with Gasteiger partial charge in [0, 0.05) is 23.6 Å². The Morgan fingerprint density at radius 3 is 2.47 bits per heavy atom. The van der Waals surface area contributed by atoms with Gasteiger partial charge in [-0.1, -0.05) is 0 Å². The molecule has 3 heterocycles. The molecule has 5 rings (SSSR count). The van der Waals surface area contributed by atoms with Crippen LogP contribution in [-0.2, 0) is 6.18 Å². The molecule has 30 heavy (non-hydrogen) atoms. The molecule has 0 amide bonds. The van der Waals surface area contributed by atoms with Gasteiger partial charge in [0.25, 0.3) is 0 Å². The number of fused-ring (bicyclic) bond motifs is 3. The molecule has 162 valence electrons. The molecule has 1 saturated carbocycles. The van der Waals surface area contributed by atoms with Crippen LogP contribution in [0, 0.1) is 12.3 Å². The molecule has 2 saturated heterocycles. The lowest BCUT2D eigenvalue weighted by Crippen LogP contribution is -2.54. The van der Waals surface area contributed by atoms with E-state index in [-0.39, 0.29) is 11.2 Å². The molecule has 3 aliphatic rings. The smallest absolute Gasteiger partial charge is 0.416 e. The van der Waals surface area contributed by atoms with Crippen LogP contribution in [0.4, 0.5) is 13.2 Å². The van der Waals surface area contributed by atoms with Crippen molar-refractivity contribution in [3.05, 3.63) is 41.1 Å². The third kappa shape index (κ3) is 3.56. The fourth-order valence-electron chi connectivity index (χ4n) is 5.04. The molecule has 1 N–H and O–H groups in total. The van der Waals surface area contributed by atoms with Crippen LogP contribution < -0.4 is 4.74 Å². The summed E-state index contributed by atoms with van der Waals surface area (Å²) in [7, 11) is 3.43. The maximum Gasteiger partial charge on any atom is 0.416 e. The van der Waals surface area contributed by atoms with E-state index in [0.29, 0.717) is 23.0 Å². The molecule has 0 radical (unpaired) electrons. The van der Waals surface area contributed by atoms with Gasteiger partial charge in [-0.2, -0.15) is 18.3 Å². The highest BCUT2D eigenvalue weighted by molar-refractivity contribution is 5.70. The number of ether oxygens (including phenoxy) is 1. The van der Waals surface area contributed by atoms with E-state index in [0.717, 1.165) is 49.9 Å². The number of piperidine rings is 2. The van der Waals surface area contributed by atoms with Gasteiger partial charge in [0.1, 0.15) is 11.9 Å². The van der Waals surface area contributed by atoms with Crippen molar-refractivity contribution >= 4 is 0 Å². The van der Waals surface area contributed by atoms with Crippen LogP contribution in [0.5, 0.6) is 5.75 Å². The number of aromatic nitrogens is 2. The summed E-state index contributed by atoms with van der Waals surface area (Å²) in [5, 5.41) is 19.7. The molecule has 1 aromatic heterocycles. The molecule has 5 nitrogen and oxygen atoms in total.